The first-order valence-corrected chi connectivity index (χ1v) is 7.07. The third-order valence-electron chi connectivity index (χ3n) is 3.05. The molecule has 0 aromatic carbocycles. The minimum atomic E-state index is 0.0278. The monoisotopic (exact) mass is 241 g/mol. The highest BCUT2D eigenvalue weighted by Gasteiger charge is 2.30. The average Bonchev–Trinajstić information content (AvgIpc) is 3.09. The molecular formula is C14H27NO2. The summed E-state index contributed by atoms with van der Waals surface area (Å²) in [6.07, 6.45) is 6.66. The number of hydrogen-bond acceptors (Lipinski definition) is 3. The van der Waals surface area contributed by atoms with Crippen LogP contribution in [0.3, 0.4) is 0 Å². The zero-order valence-electron chi connectivity index (χ0n) is 11.3. The lowest BCUT2D eigenvalue weighted by Gasteiger charge is -2.07. The van der Waals surface area contributed by atoms with Crippen LogP contribution >= 0.6 is 0 Å². The zero-order valence-corrected chi connectivity index (χ0v) is 11.3. The number of hydrogen-bond donors (Lipinski definition) is 1. The molecule has 1 rings (SSSR count). The molecule has 0 radical (unpaired) electrons. The van der Waals surface area contributed by atoms with Crippen LogP contribution < -0.4 is 5.32 Å². The van der Waals surface area contributed by atoms with Crippen molar-refractivity contribution >= 4 is 5.97 Å². The van der Waals surface area contributed by atoms with Crippen molar-refractivity contribution in [3.8, 4) is 0 Å². The van der Waals surface area contributed by atoms with Crippen molar-refractivity contribution in [1.29, 1.82) is 0 Å². The standard InChI is InChI=1S/C14H27NO2/c1-12(2)8-10-15-9-4-3-5-11-17-14(16)13-6-7-13/h12-13,15H,3-11H2,1-2H3. The van der Waals surface area contributed by atoms with Gasteiger partial charge in [0.05, 0.1) is 12.5 Å². The first-order valence-electron chi connectivity index (χ1n) is 7.07. The minimum absolute atomic E-state index is 0.0278. The number of carbonyl (C=O) groups excluding carboxylic acids is 1. The summed E-state index contributed by atoms with van der Waals surface area (Å²) in [5.74, 6) is 1.05. The molecule has 0 amide bonds. The molecule has 1 saturated carbocycles. The first-order chi connectivity index (χ1) is 8.20. The van der Waals surface area contributed by atoms with E-state index in [0.717, 1.165) is 44.7 Å². The summed E-state index contributed by atoms with van der Waals surface area (Å²) in [4.78, 5) is 11.2. The van der Waals surface area contributed by atoms with Gasteiger partial charge < -0.3 is 10.1 Å². The molecule has 1 fully saturated rings. The smallest absolute Gasteiger partial charge is 0.308 e. The van der Waals surface area contributed by atoms with Gasteiger partial charge in [-0.3, -0.25) is 4.79 Å². The largest absolute Gasteiger partial charge is 0.465 e. The summed E-state index contributed by atoms with van der Waals surface area (Å²) < 4.78 is 5.17. The van der Waals surface area contributed by atoms with Gasteiger partial charge in [0, 0.05) is 0 Å². The van der Waals surface area contributed by atoms with Crippen LogP contribution in [0.5, 0.6) is 0 Å². The number of carbonyl (C=O) groups is 1. The topological polar surface area (TPSA) is 38.3 Å². The van der Waals surface area contributed by atoms with Crippen LogP contribution in [0.15, 0.2) is 0 Å². The predicted octanol–water partition coefficient (Wildman–Crippen LogP) is 2.75. The van der Waals surface area contributed by atoms with Crippen LogP contribution in [0.4, 0.5) is 0 Å². The van der Waals surface area contributed by atoms with Crippen LogP contribution in [0, 0.1) is 11.8 Å². The molecule has 3 heteroatoms. The zero-order chi connectivity index (χ0) is 12.5. The van der Waals surface area contributed by atoms with Gasteiger partial charge in [-0.1, -0.05) is 13.8 Å². The molecule has 3 nitrogen and oxygen atoms in total. The molecule has 0 aromatic rings. The Morgan fingerprint density at radius 1 is 1.24 bits per heavy atom. The summed E-state index contributed by atoms with van der Waals surface area (Å²) >= 11 is 0. The van der Waals surface area contributed by atoms with Crippen molar-refractivity contribution in [3.63, 3.8) is 0 Å². The van der Waals surface area contributed by atoms with E-state index in [-0.39, 0.29) is 11.9 Å². The van der Waals surface area contributed by atoms with Gasteiger partial charge in [0.25, 0.3) is 0 Å². The van der Waals surface area contributed by atoms with Gasteiger partial charge in [-0.2, -0.15) is 0 Å². The van der Waals surface area contributed by atoms with Crippen LogP contribution in [0.1, 0.15) is 52.4 Å². The van der Waals surface area contributed by atoms with E-state index in [1.54, 1.807) is 0 Å². The van der Waals surface area contributed by atoms with Gasteiger partial charge >= 0.3 is 5.97 Å². The van der Waals surface area contributed by atoms with Crippen molar-refractivity contribution in [1.82, 2.24) is 5.32 Å². The molecule has 0 aromatic heterocycles. The maximum Gasteiger partial charge on any atom is 0.308 e. The van der Waals surface area contributed by atoms with Crippen molar-refractivity contribution in [2.24, 2.45) is 11.8 Å². The fourth-order valence-corrected chi connectivity index (χ4v) is 1.65. The molecule has 0 heterocycles. The molecule has 17 heavy (non-hydrogen) atoms. The predicted molar refractivity (Wildman–Crippen MR) is 69.9 cm³/mol. The van der Waals surface area contributed by atoms with Crippen LogP contribution in [-0.4, -0.2) is 25.7 Å². The normalized spacial score (nSPS) is 15.2. The molecule has 0 saturated heterocycles. The summed E-state index contributed by atoms with van der Waals surface area (Å²) in [6, 6.07) is 0. The van der Waals surface area contributed by atoms with Gasteiger partial charge in [0.1, 0.15) is 0 Å². The molecule has 100 valence electrons. The van der Waals surface area contributed by atoms with E-state index in [4.69, 9.17) is 4.74 Å². The second kappa shape index (κ2) is 8.51. The molecule has 1 aliphatic rings. The van der Waals surface area contributed by atoms with E-state index in [9.17, 15) is 4.79 Å². The number of rotatable bonds is 10. The van der Waals surface area contributed by atoms with E-state index < -0.39 is 0 Å². The Morgan fingerprint density at radius 2 is 2.00 bits per heavy atom. The van der Waals surface area contributed by atoms with E-state index in [1.807, 2.05) is 0 Å². The molecule has 1 N–H and O–H groups in total. The maximum absolute atomic E-state index is 11.2. The van der Waals surface area contributed by atoms with Crippen molar-refractivity contribution in [3.05, 3.63) is 0 Å². The highest BCUT2D eigenvalue weighted by molar-refractivity contribution is 5.74. The third kappa shape index (κ3) is 8.19. The average molecular weight is 241 g/mol. The van der Waals surface area contributed by atoms with E-state index in [2.05, 4.69) is 19.2 Å². The number of nitrogens with one attached hydrogen (secondary N) is 1. The molecule has 0 atom stereocenters. The van der Waals surface area contributed by atoms with Gasteiger partial charge in [-0.25, -0.2) is 0 Å². The SMILES string of the molecule is CC(C)CCNCCCCCOC(=O)C1CC1. The minimum Gasteiger partial charge on any atom is -0.465 e. The molecule has 1 aliphatic carbocycles. The lowest BCUT2D eigenvalue weighted by Crippen LogP contribution is -2.18. The highest BCUT2D eigenvalue weighted by Crippen LogP contribution is 2.30. The molecular weight excluding hydrogens is 214 g/mol. The van der Waals surface area contributed by atoms with E-state index in [1.165, 1.54) is 12.8 Å². The lowest BCUT2D eigenvalue weighted by molar-refractivity contribution is -0.145. The Kier molecular flexibility index (Phi) is 7.25. The summed E-state index contributed by atoms with van der Waals surface area (Å²) in [5, 5.41) is 3.44. The first kappa shape index (κ1) is 14.5. The lowest BCUT2D eigenvalue weighted by atomic mass is 10.1. The van der Waals surface area contributed by atoms with Gasteiger partial charge in [-0.05, 0) is 57.5 Å². The Hall–Kier alpha value is -0.570. The van der Waals surface area contributed by atoms with Gasteiger partial charge in [0.2, 0.25) is 0 Å². The Bertz CT molecular complexity index is 212. The summed E-state index contributed by atoms with van der Waals surface area (Å²) in [5.41, 5.74) is 0. The fraction of sp³-hybridized carbons (Fsp3) is 0.929. The number of esters is 1. The van der Waals surface area contributed by atoms with Crippen molar-refractivity contribution in [2.75, 3.05) is 19.7 Å². The van der Waals surface area contributed by atoms with Crippen molar-refractivity contribution < 1.29 is 9.53 Å². The third-order valence-corrected chi connectivity index (χ3v) is 3.05. The van der Waals surface area contributed by atoms with Crippen LogP contribution in [0.25, 0.3) is 0 Å². The quantitative estimate of drug-likeness (QED) is 0.472. The van der Waals surface area contributed by atoms with E-state index >= 15 is 0 Å². The van der Waals surface area contributed by atoms with Crippen LogP contribution in [-0.2, 0) is 9.53 Å². The molecule has 0 aliphatic heterocycles. The molecule has 0 bridgehead atoms. The molecule has 0 spiro atoms. The van der Waals surface area contributed by atoms with Gasteiger partial charge in [-0.15, -0.1) is 0 Å². The number of unbranched alkanes of at least 4 members (excludes halogenated alkanes) is 2. The second-order valence-electron chi connectivity index (χ2n) is 5.43. The maximum atomic E-state index is 11.2. The Balaban J connectivity index is 1.73. The number of ether oxygens (including phenoxy) is 1. The van der Waals surface area contributed by atoms with Crippen molar-refractivity contribution in [2.45, 2.75) is 52.4 Å². The van der Waals surface area contributed by atoms with Gasteiger partial charge in [0.15, 0.2) is 0 Å². The van der Waals surface area contributed by atoms with Crippen LogP contribution in [0.2, 0.25) is 0 Å². The Morgan fingerprint density at radius 3 is 2.65 bits per heavy atom. The summed E-state index contributed by atoms with van der Waals surface area (Å²) in [6.45, 7) is 7.31. The molecule has 0 unspecified atom stereocenters. The second-order valence-corrected chi connectivity index (χ2v) is 5.43. The summed E-state index contributed by atoms with van der Waals surface area (Å²) in [7, 11) is 0. The van der Waals surface area contributed by atoms with E-state index in [0.29, 0.717) is 6.61 Å². The Labute approximate surface area is 105 Å². The highest BCUT2D eigenvalue weighted by atomic mass is 16.5. The fourth-order valence-electron chi connectivity index (χ4n) is 1.65.